The van der Waals surface area contributed by atoms with Crippen LogP contribution in [0.25, 0.3) is 11.3 Å². The van der Waals surface area contributed by atoms with E-state index in [2.05, 4.69) is 28.9 Å². The number of aromatic nitrogens is 4. The minimum absolute atomic E-state index is 0.310. The maximum atomic E-state index is 5.71. The lowest BCUT2D eigenvalue weighted by molar-refractivity contribution is 0.639. The number of hydrogen-bond donors (Lipinski definition) is 2. The summed E-state index contributed by atoms with van der Waals surface area (Å²) in [5.41, 5.74) is 7.79. The Kier molecular flexibility index (Phi) is 3.58. The minimum Gasteiger partial charge on any atom is -0.342 e. The Hall–Kier alpha value is -1.62. The average molecular weight is 233 g/mol. The highest BCUT2D eigenvalue weighted by Crippen LogP contribution is 2.20. The monoisotopic (exact) mass is 233 g/mol. The van der Waals surface area contributed by atoms with E-state index in [1.807, 2.05) is 23.3 Å². The molecule has 0 fully saturated rings. The maximum absolute atomic E-state index is 5.71. The molecule has 5 nitrogen and oxygen atoms in total. The highest BCUT2D eigenvalue weighted by molar-refractivity contribution is 5.56. The van der Waals surface area contributed by atoms with E-state index in [4.69, 9.17) is 5.73 Å². The van der Waals surface area contributed by atoms with Crippen molar-refractivity contribution in [2.45, 2.75) is 32.7 Å². The molecule has 0 amide bonds. The van der Waals surface area contributed by atoms with Gasteiger partial charge in [0.05, 0.1) is 18.1 Å². The largest absolute Gasteiger partial charge is 0.342 e. The molecule has 92 valence electrons. The second-order valence-corrected chi connectivity index (χ2v) is 4.11. The molecule has 5 heteroatoms. The zero-order chi connectivity index (χ0) is 12.3. The molecule has 1 atom stereocenters. The molecule has 0 bridgehead atoms. The summed E-state index contributed by atoms with van der Waals surface area (Å²) < 4.78 is 1.90. The van der Waals surface area contributed by atoms with Gasteiger partial charge >= 0.3 is 0 Å². The van der Waals surface area contributed by atoms with Crippen molar-refractivity contribution in [2.75, 3.05) is 6.54 Å². The SMILES string of the molecule is CCC(CN)c1ncc(-c2cnn(CC)c2)[nH]1. The van der Waals surface area contributed by atoms with E-state index in [1.54, 1.807) is 0 Å². The van der Waals surface area contributed by atoms with Gasteiger partial charge in [0, 0.05) is 30.8 Å². The minimum atomic E-state index is 0.310. The van der Waals surface area contributed by atoms with Gasteiger partial charge in [-0.05, 0) is 13.3 Å². The summed E-state index contributed by atoms with van der Waals surface area (Å²) in [6.45, 7) is 5.69. The van der Waals surface area contributed by atoms with Gasteiger partial charge in [-0.25, -0.2) is 4.98 Å². The first kappa shape index (κ1) is 11.9. The molecule has 0 aromatic carbocycles. The summed E-state index contributed by atoms with van der Waals surface area (Å²) in [5, 5.41) is 4.25. The smallest absolute Gasteiger partial charge is 0.110 e. The Bertz CT molecular complexity index is 467. The van der Waals surface area contributed by atoms with Crippen LogP contribution in [0.2, 0.25) is 0 Å². The second-order valence-electron chi connectivity index (χ2n) is 4.11. The zero-order valence-corrected chi connectivity index (χ0v) is 10.3. The summed E-state index contributed by atoms with van der Waals surface area (Å²) in [7, 11) is 0. The quantitative estimate of drug-likeness (QED) is 0.826. The van der Waals surface area contributed by atoms with Crippen molar-refractivity contribution in [3.8, 4) is 11.3 Å². The van der Waals surface area contributed by atoms with Crippen molar-refractivity contribution in [2.24, 2.45) is 5.73 Å². The molecule has 3 N–H and O–H groups in total. The van der Waals surface area contributed by atoms with Gasteiger partial charge in [0.15, 0.2) is 0 Å². The normalized spacial score (nSPS) is 12.9. The van der Waals surface area contributed by atoms with Crippen LogP contribution in [0.3, 0.4) is 0 Å². The first-order valence-electron chi connectivity index (χ1n) is 6.06. The standard InChI is InChI=1S/C12H19N5/c1-3-9(5-13)12-14-7-11(16-12)10-6-15-17(4-2)8-10/h6-9H,3-5,13H2,1-2H3,(H,14,16). The topological polar surface area (TPSA) is 72.5 Å². The van der Waals surface area contributed by atoms with E-state index in [9.17, 15) is 0 Å². The lowest BCUT2D eigenvalue weighted by Crippen LogP contribution is -2.12. The fraction of sp³-hybridized carbons (Fsp3) is 0.500. The first-order chi connectivity index (χ1) is 8.28. The molecule has 0 saturated heterocycles. The van der Waals surface area contributed by atoms with E-state index >= 15 is 0 Å². The van der Waals surface area contributed by atoms with Crippen molar-refractivity contribution in [3.05, 3.63) is 24.4 Å². The summed E-state index contributed by atoms with van der Waals surface area (Å²) in [6.07, 6.45) is 6.72. The Balaban J connectivity index is 2.22. The molecule has 2 rings (SSSR count). The molecule has 2 heterocycles. The number of nitrogens with one attached hydrogen (secondary N) is 1. The van der Waals surface area contributed by atoms with Gasteiger partial charge in [0.1, 0.15) is 5.82 Å². The number of rotatable bonds is 5. The van der Waals surface area contributed by atoms with Crippen LogP contribution in [0.15, 0.2) is 18.6 Å². The Morgan fingerprint density at radius 1 is 1.41 bits per heavy atom. The molecular weight excluding hydrogens is 214 g/mol. The Morgan fingerprint density at radius 2 is 2.24 bits per heavy atom. The van der Waals surface area contributed by atoms with Crippen LogP contribution in [0.1, 0.15) is 32.0 Å². The fourth-order valence-electron chi connectivity index (χ4n) is 1.84. The third kappa shape index (κ3) is 2.39. The molecule has 17 heavy (non-hydrogen) atoms. The van der Waals surface area contributed by atoms with E-state index in [0.29, 0.717) is 12.5 Å². The predicted molar refractivity (Wildman–Crippen MR) is 67.6 cm³/mol. The third-order valence-electron chi connectivity index (χ3n) is 3.03. The van der Waals surface area contributed by atoms with Crippen LogP contribution in [0.5, 0.6) is 0 Å². The molecule has 0 radical (unpaired) electrons. The van der Waals surface area contributed by atoms with Crippen LogP contribution in [-0.2, 0) is 6.54 Å². The van der Waals surface area contributed by atoms with Gasteiger partial charge < -0.3 is 10.7 Å². The van der Waals surface area contributed by atoms with Gasteiger partial charge in [-0.1, -0.05) is 6.92 Å². The molecule has 0 aliphatic rings. The lowest BCUT2D eigenvalue weighted by atomic mass is 10.1. The maximum Gasteiger partial charge on any atom is 0.110 e. The molecule has 0 saturated carbocycles. The predicted octanol–water partition coefficient (Wildman–Crippen LogP) is 1.75. The van der Waals surface area contributed by atoms with Crippen molar-refractivity contribution < 1.29 is 0 Å². The van der Waals surface area contributed by atoms with E-state index in [-0.39, 0.29) is 0 Å². The highest BCUT2D eigenvalue weighted by Gasteiger charge is 2.12. The summed E-state index contributed by atoms with van der Waals surface area (Å²) >= 11 is 0. The molecule has 0 aliphatic carbocycles. The van der Waals surface area contributed by atoms with E-state index in [0.717, 1.165) is 30.0 Å². The third-order valence-corrected chi connectivity index (χ3v) is 3.03. The molecule has 2 aromatic heterocycles. The molecular formula is C12H19N5. The van der Waals surface area contributed by atoms with Gasteiger partial charge in [0.25, 0.3) is 0 Å². The number of H-pyrrole nitrogens is 1. The molecule has 1 unspecified atom stereocenters. The lowest BCUT2D eigenvalue weighted by Gasteiger charge is -2.07. The number of aryl methyl sites for hydroxylation is 1. The summed E-state index contributed by atoms with van der Waals surface area (Å²) in [5.74, 6) is 1.28. The highest BCUT2D eigenvalue weighted by atomic mass is 15.3. The van der Waals surface area contributed by atoms with Crippen LogP contribution >= 0.6 is 0 Å². The van der Waals surface area contributed by atoms with Crippen molar-refractivity contribution in [3.63, 3.8) is 0 Å². The van der Waals surface area contributed by atoms with Crippen LogP contribution in [0, 0.1) is 0 Å². The number of hydrogen-bond acceptors (Lipinski definition) is 3. The average Bonchev–Trinajstić information content (AvgIpc) is 2.98. The zero-order valence-electron chi connectivity index (χ0n) is 10.3. The van der Waals surface area contributed by atoms with Gasteiger partial charge in [0.2, 0.25) is 0 Å². The van der Waals surface area contributed by atoms with Crippen LogP contribution in [0.4, 0.5) is 0 Å². The van der Waals surface area contributed by atoms with Crippen molar-refractivity contribution >= 4 is 0 Å². The van der Waals surface area contributed by atoms with Gasteiger partial charge in [-0.3, -0.25) is 4.68 Å². The second kappa shape index (κ2) is 5.14. The molecule has 0 spiro atoms. The van der Waals surface area contributed by atoms with Gasteiger partial charge in [-0.2, -0.15) is 5.10 Å². The fourth-order valence-corrected chi connectivity index (χ4v) is 1.84. The Labute approximate surface area is 101 Å². The van der Waals surface area contributed by atoms with Crippen molar-refractivity contribution in [1.29, 1.82) is 0 Å². The summed E-state index contributed by atoms with van der Waals surface area (Å²) in [4.78, 5) is 7.72. The molecule has 2 aromatic rings. The number of nitrogens with zero attached hydrogens (tertiary/aromatic N) is 3. The van der Waals surface area contributed by atoms with Crippen molar-refractivity contribution in [1.82, 2.24) is 19.7 Å². The van der Waals surface area contributed by atoms with Crippen LogP contribution in [-0.4, -0.2) is 26.3 Å². The van der Waals surface area contributed by atoms with Crippen LogP contribution < -0.4 is 5.73 Å². The number of nitrogens with two attached hydrogens (primary N) is 1. The number of aromatic amines is 1. The summed E-state index contributed by atoms with van der Waals surface area (Å²) in [6, 6.07) is 0. The van der Waals surface area contributed by atoms with Gasteiger partial charge in [-0.15, -0.1) is 0 Å². The Morgan fingerprint density at radius 3 is 2.82 bits per heavy atom. The number of imidazole rings is 1. The van der Waals surface area contributed by atoms with E-state index in [1.165, 1.54) is 0 Å². The molecule has 0 aliphatic heterocycles. The first-order valence-corrected chi connectivity index (χ1v) is 6.06. The van der Waals surface area contributed by atoms with E-state index < -0.39 is 0 Å².